The van der Waals surface area contributed by atoms with Crippen molar-refractivity contribution in [3.8, 4) is 0 Å². The molecule has 2 N–H and O–H groups in total. The van der Waals surface area contributed by atoms with Crippen molar-refractivity contribution in [1.82, 2.24) is 10.3 Å². The summed E-state index contributed by atoms with van der Waals surface area (Å²) >= 11 is 0. The molecule has 1 aromatic heterocycles. The molecule has 1 aliphatic heterocycles. The van der Waals surface area contributed by atoms with Crippen LogP contribution in [-0.4, -0.2) is 16.9 Å². The summed E-state index contributed by atoms with van der Waals surface area (Å²) in [6.45, 7) is 0. The number of amides is 1. The summed E-state index contributed by atoms with van der Waals surface area (Å²) in [5.41, 5.74) is -0.283. The second kappa shape index (κ2) is 7.17. The Kier molecular flexibility index (Phi) is 4.80. The Bertz CT molecular complexity index is 1050. The van der Waals surface area contributed by atoms with Crippen molar-refractivity contribution in [2.24, 2.45) is 0 Å². The number of benzene rings is 1. The molecule has 0 spiro atoms. The fraction of sp³-hybridized carbons (Fsp3) is 0.333. The predicted octanol–water partition coefficient (Wildman–Crippen LogP) is 4.12. The van der Waals surface area contributed by atoms with Gasteiger partial charge in [0.15, 0.2) is 0 Å². The SMILES string of the molecule is O=C1CC[C@H](/C=C(/c2ccc(C3CC3)c(=O)[nH]2)c2ccc(C(F)(F)F)cc2F)N1. The van der Waals surface area contributed by atoms with E-state index in [-0.39, 0.29) is 28.5 Å². The number of hydrogen-bond donors (Lipinski definition) is 2. The minimum absolute atomic E-state index is 0.0750. The van der Waals surface area contributed by atoms with E-state index in [1.807, 2.05) is 0 Å². The topological polar surface area (TPSA) is 62.0 Å². The number of nitrogens with one attached hydrogen (secondary N) is 2. The molecule has 2 fully saturated rings. The molecule has 1 saturated heterocycles. The number of alkyl halides is 3. The molecule has 152 valence electrons. The van der Waals surface area contributed by atoms with Crippen LogP contribution >= 0.6 is 0 Å². The van der Waals surface area contributed by atoms with Crippen LogP contribution in [0, 0.1) is 5.82 Å². The van der Waals surface area contributed by atoms with E-state index in [4.69, 9.17) is 0 Å². The number of hydrogen-bond acceptors (Lipinski definition) is 2. The lowest BCUT2D eigenvalue weighted by atomic mass is 9.96. The second-order valence-corrected chi connectivity index (χ2v) is 7.42. The van der Waals surface area contributed by atoms with Gasteiger partial charge in [-0.25, -0.2) is 4.39 Å². The molecule has 2 aliphatic rings. The predicted molar refractivity (Wildman–Crippen MR) is 98.7 cm³/mol. The van der Waals surface area contributed by atoms with Crippen LogP contribution in [0.25, 0.3) is 5.57 Å². The van der Waals surface area contributed by atoms with Gasteiger partial charge in [0, 0.05) is 34.9 Å². The number of pyridine rings is 1. The van der Waals surface area contributed by atoms with Crippen LogP contribution in [0.1, 0.15) is 54.0 Å². The summed E-state index contributed by atoms with van der Waals surface area (Å²) in [7, 11) is 0. The van der Waals surface area contributed by atoms with E-state index in [1.54, 1.807) is 18.2 Å². The van der Waals surface area contributed by atoms with Crippen molar-refractivity contribution in [2.45, 2.75) is 43.8 Å². The average molecular weight is 406 g/mol. The molecule has 4 nitrogen and oxygen atoms in total. The number of H-pyrrole nitrogens is 1. The first-order valence-corrected chi connectivity index (χ1v) is 9.34. The second-order valence-electron chi connectivity index (χ2n) is 7.42. The number of rotatable bonds is 4. The third-order valence-corrected chi connectivity index (χ3v) is 5.23. The zero-order valence-electron chi connectivity index (χ0n) is 15.3. The molecule has 4 rings (SSSR count). The first-order chi connectivity index (χ1) is 13.7. The van der Waals surface area contributed by atoms with Crippen LogP contribution in [0.15, 0.2) is 41.2 Å². The summed E-state index contributed by atoms with van der Waals surface area (Å²) in [6, 6.07) is 5.20. The highest BCUT2D eigenvalue weighted by molar-refractivity contribution is 5.82. The molecule has 0 bridgehead atoms. The Morgan fingerprint density at radius 2 is 1.83 bits per heavy atom. The van der Waals surface area contributed by atoms with Gasteiger partial charge in [-0.3, -0.25) is 9.59 Å². The monoisotopic (exact) mass is 406 g/mol. The Morgan fingerprint density at radius 1 is 1.07 bits per heavy atom. The number of carbonyl (C=O) groups is 1. The van der Waals surface area contributed by atoms with E-state index in [0.29, 0.717) is 30.2 Å². The number of halogens is 4. The summed E-state index contributed by atoms with van der Waals surface area (Å²) in [4.78, 5) is 26.7. The maximum atomic E-state index is 14.7. The van der Waals surface area contributed by atoms with Gasteiger partial charge in [-0.15, -0.1) is 0 Å². The van der Waals surface area contributed by atoms with Crippen molar-refractivity contribution in [3.05, 3.63) is 75.0 Å². The smallest absolute Gasteiger partial charge is 0.350 e. The third kappa shape index (κ3) is 4.11. The summed E-state index contributed by atoms with van der Waals surface area (Å²) in [6.07, 6.45) is -0.420. The van der Waals surface area contributed by atoms with Crippen molar-refractivity contribution in [1.29, 1.82) is 0 Å². The van der Waals surface area contributed by atoms with E-state index in [0.717, 1.165) is 25.0 Å². The lowest BCUT2D eigenvalue weighted by molar-refractivity contribution is -0.137. The maximum Gasteiger partial charge on any atom is 0.416 e. The van der Waals surface area contributed by atoms with E-state index in [2.05, 4.69) is 10.3 Å². The van der Waals surface area contributed by atoms with Gasteiger partial charge in [0.25, 0.3) is 5.56 Å². The number of aromatic amines is 1. The molecule has 1 amide bonds. The van der Waals surface area contributed by atoms with Gasteiger partial charge < -0.3 is 10.3 Å². The van der Waals surface area contributed by atoms with Crippen LogP contribution in [0.3, 0.4) is 0 Å². The Hall–Kier alpha value is -2.90. The van der Waals surface area contributed by atoms with Gasteiger partial charge >= 0.3 is 6.18 Å². The van der Waals surface area contributed by atoms with E-state index >= 15 is 0 Å². The normalized spacial score (nSPS) is 20.1. The molecule has 29 heavy (non-hydrogen) atoms. The molecule has 1 aliphatic carbocycles. The van der Waals surface area contributed by atoms with Gasteiger partial charge in [0.2, 0.25) is 5.91 Å². The zero-order valence-corrected chi connectivity index (χ0v) is 15.3. The largest absolute Gasteiger partial charge is 0.416 e. The van der Waals surface area contributed by atoms with Crippen molar-refractivity contribution in [2.75, 3.05) is 0 Å². The molecule has 2 aromatic rings. The van der Waals surface area contributed by atoms with Crippen LogP contribution < -0.4 is 10.9 Å². The Labute approximate surface area is 163 Å². The van der Waals surface area contributed by atoms with Crippen LogP contribution in [0.5, 0.6) is 0 Å². The van der Waals surface area contributed by atoms with Crippen LogP contribution in [0.2, 0.25) is 0 Å². The molecule has 0 radical (unpaired) electrons. The number of aromatic nitrogens is 1. The Morgan fingerprint density at radius 3 is 2.38 bits per heavy atom. The maximum absolute atomic E-state index is 14.7. The minimum atomic E-state index is -4.66. The van der Waals surface area contributed by atoms with Gasteiger partial charge in [0.1, 0.15) is 5.82 Å². The van der Waals surface area contributed by atoms with Gasteiger partial charge in [-0.1, -0.05) is 18.2 Å². The van der Waals surface area contributed by atoms with E-state index in [1.165, 1.54) is 0 Å². The quantitative estimate of drug-likeness (QED) is 0.751. The minimum Gasteiger partial charge on any atom is -0.350 e. The lowest BCUT2D eigenvalue weighted by Gasteiger charge is -2.15. The molecular formula is C21H18F4N2O2. The third-order valence-electron chi connectivity index (χ3n) is 5.23. The zero-order chi connectivity index (χ0) is 20.8. The number of carbonyl (C=O) groups excluding carboxylic acids is 1. The van der Waals surface area contributed by atoms with Gasteiger partial charge in [-0.05, 0) is 43.4 Å². The highest BCUT2D eigenvalue weighted by Crippen LogP contribution is 2.38. The molecule has 8 heteroatoms. The first-order valence-electron chi connectivity index (χ1n) is 9.34. The fourth-order valence-corrected chi connectivity index (χ4v) is 3.56. The summed E-state index contributed by atoms with van der Waals surface area (Å²) < 4.78 is 53.4. The molecular weight excluding hydrogens is 388 g/mol. The standard InChI is InChI=1S/C21H18F4N2O2/c22-17-9-12(21(23,24)25)3-5-15(17)16(10-13-4-8-19(28)26-13)18-7-6-14(11-1-2-11)20(29)27-18/h3,5-7,9-11,13H,1-2,4,8H2,(H,26,28)(H,27,29)/b16-10+/t13-/m1/s1. The molecule has 1 atom stereocenters. The van der Waals surface area contributed by atoms with Crippen molar-refractivity contribution >= 4 is 11.5 Å². The molecule has 0 unspecified atom stereocenters. The summed E-state index contributed by atoms with van der Waals surface area (Å²) in [5, 5.41) is 2.72. The molecule has 1 saturated carbocycles. The van der Waals surface area contributed by atoms with E-state index in [9.17, 15) is 27.2 Å². The van der Waals surface area contributed by atoms with Gasteiger partial charge in [0.05, 0.1) is 5.56 Å². The van der Waals surface area contributed by atoms with Crippen LogP contribution in [-0.2, 0) is 11.0 Å². The van der Waals surface area contributed by atoms with Crippen molar-refractivity contribution in [3.63, 3.8) is 0 Å². The highest BCUT2D eigenvalue weighted by Gasteiger charge is 2.32. The van der Waals surface area contributed by atoms with Crippen molar-refractivity contribution < 1.29 is 22.4 Å². The van der Waals surface area contributed by atoms with Crippen LogP contribution in [0.4, 0.5) is 17.6 Å². The lowest BCUT2D eigenvalue weighted by Crippen LogP contribution is -2.24. The Balaban J connectivity index is 1.79. The fourth-order valence-electron chi connectivity index (χ4n) is 3.56. The molecule has 1 aromatic carbocycles. The van der Waals surface area contributed by atoms with E-state index < -0.39 is 23.6 Å². The molecule has 2 heterocycles. The average Bonchev–Trinajstić information content (AvgIpc) is 3.41. The first kappa shape index (κ1) is 19.4. The highest BCUT2D eigenvalue weighted by atomic mass is 19.4. The van der Waals surface area contributed by atoms with Gasteiger partial charge in [-0.2, -0.15) is 13.2 Å². The summed E-state index contributed by atoms with van der Waals surface area (Å²) in [5.74, 6) is -0.990.